The second-order valence-corrected chi connectivity index (χ2v) is 9.91. The van der Waals surface area contributed by atoms with Crippen LogP contribution < -0.4 is 5.32 Å². The van der Waals surface area contributed by atoms with Crippen molar-refractivity contribution >= 4 is 15.9 Å². The van der Waals surface area contributed by atoms with Gasteiger partial charge in [-0.2, -0.15) is 4.31 Å². The number of hydrogen-bond acceptors (Lipinski definition) is 6. The van der Waals surface area contributed by atoms with Crippen LogP contribution in [0.4, 0.5) is 0 Å². The van der Waals surface area contributed by atoms with E-state index in [1.54, 1.807) is 17.7 Å². The second kappa shape index (κ2) is 7.51. The van der Waals surface area contributed by atoms with Crippen LogP contribution in [-0.4, -0.2) is 58.1 Å². The number of nitrogens with zero attached hydrogens (tertiary/aromatic N) is 4. The third kappa shape index (κ3) is 3.92. The van der Waals surface area contributed by atoms with Gasteiger partial charge in [0.15, 0.2) is 0 Å². The molecule has 1 spiro atoms. The van der Waals surface area contributed by atoms with Gasteiger partial charge < -0.3 is 10.1 Å². The molecule has 1 atom stereocenters. The van der Waals surface area contributed by atoms with Crippen LogP contribution in [0.25, 0.3) is 0 Å². The highest BCUT2D eigenvalue weighted by molar-refractivity contribution is 7.89. The van der Waals surface area contributed by atoms with E-state index in [9.17, 15) is 13.2 Å². The van der Waals surface area contributed by atoms with E-state index in [1.165, 1.54) is 4.31 Å². The summed E-state index contributed by atoms with van der Waals surface area (Å²) in [6, 6.07) is 7.39. The summed E-state index contributed by atoms with van der Waals surface area (Å²) in [4.78, 5) is 12.4. The fourth-order valence-electron chi connectivity index (χ4n) is 3.86. The van der Waals surface area contributed by atoms with Crippen molar-refractivity contribution in [3.63, 3.8) is 0 Å². The number of nitrogens with one attached hydrogen (secondary N) is 1. The Morgan fingerprint density at radius 1 is 1.34 bits per heavy atom. The van der Waals surface area contributed by atoms with E-state index in [0.717, 1.165) is 11.3 Å². The molecule has 1 aromatic heterocycles. The Labute approximate surface area is 170 Å². The first-order valence-corrected chi connectivity index (χ1v) is 11.3. The molecule has 1 amide bonds. The molecule has 1 saturated heterocycles. The van der Waals surface area contributed by atoms with Gasteiger partial charge in [0, 0.05) is 18.7 Å². The molecule has 0 saturated carbocycles. The van der Waals surface area contributed by atoms with Crippen molar-refractivity contribution in [3.05, 3.63) is 46.8 Å². The first-order chi connectivity index (χ1) is 13.8. The van der Waals surface area contributed by atoms with Gasteiger partial charge in [0.1, 0.15) is 11.3 Å². The second-order valence-electron chi connectivity index (χ2n) is 7.65. The van der Waals surface area contributed by atoms with Gasteiger partial charge in [0.05, 0.1) is 31.1 Å². The number of carbonyl (C=O) groups is 1. The fraction of sp³-hybridized carbons (Fsp3) is 0.526. The zero-order chi connectivity index (χ0) is 20.6. The topological polar surface area (TPSA) is 106 Å². The monoisotopic (exact) mass is 419 g/mol. The van der Waals surface area contributed by atoms with Gasteiger partial charge in [0.2, 0.25) is 10.0 Å². The first-order valence-electron chi connectivity index (χ1n) is 9.70. The number of aromatic nitrogens is 3. The third-order valence-electron chi connectivity index (χ3n) is 5.61. The molecular formula is C19H25N5O4S. The lowest BCUT2D eigenvalue weighted by Crippen LogP contribution is -2.45. The maximum Gasteiger partial charge on any atom is 0.251 e. The van der Waals surface area contributed by atoms with Crippen LogP contribution in [0.15, 0.2) is 24.3 Å². The molecule has 9 nitrogen and oxygen atoms in total. The van der Waals surface area contributed by atoms with Crippen molar-refractivity contribution < 1.29 is 17.9 Å². The molecule has 10 heteroatoms. The van der Waals surface area contributed by atoms with Crippen LogP contribution in [-0.2, 0) is 34.5 Å². The van der Waals surface area contributed by atoms with Crippen LogP contribution >= 0.6 is 0 Å². The molecule has 1 aromatic carbocycles. The number of benzene rings is 1. The summed E-state index contributed by atoms with van der Waals surface area (Å²) in [5.74, 6) is -0.0810. The van der Waals surface area contributed by atoms with E-state index in [4.69, 9.17) is 4.74 Å². The lowest BCUT2D eigenvalue weighted by molar-refractivity contribution is -0.0813. The van der Waals surface area contributed by atoms with E-state index in [1.807, 2.05) is 25.1 Å². The molecule has 3 heterocycles. The van der Waals surface area contributed by atoms with E-state index in [2.05, 4.69) is 15.6 Å². The molecule has 2 aliphatic rings. The maximum absolute atomic E-state index is 12.4. The number of rotatable bonds is 5. The van der Waals surface area contributed by atoms with Crippen LogP contribution in [0.2, 0.25) is 0 Å². The maximum atomic E-state index is 12.4. The lowest BCUT2D eigenvalue weighted by atomic mass is 10.0. The molecule has 1 N–H and O–H groups in total. The fourth-order valence-corrected chi connectivity index (χ4v) is 5.02. The summed E-state index contributed by atoms with van der Waals surface area (Å²) in [6.45, 7) is 5.39. The summed E-state index contributed by atoms with van der Waals surface area (Å²) in [6.07, 6.45) is 0.630. The number of aryl methyl sites for hydroxylation is 1. The van der Waals surface area contributed by atoms with Crippen molar-refractivity contribution in [3.8, 4) is 0 Å². The predicted octanol–water partition coefficient (Wildman–Crippen LogP) is 0.841. The molecular weight excluding hydrogens is 394 g/mol. The quantitative estimate of drug-likeness (QED) is 0.770. The predicted molar refractivity (Wildman–Crippen MR) is 106 cm³/mol. The number of fused-ring (bicyclic) bond motifs is 1. The zero-order valence-electron chi connectivity index (χ0n) is 16.6. The largest absolute Gasteiger partial charge is 0.365 e. The normalized spacial score (nSPS) is 22.0. The van der Waals surface area contributed by atoms with E-state index >= 15 is 0 Å². The SMILES string of the molecule is CCS(=O)(=O)N1CCC2(C1)Cn1nnc(CNC(=O)c3cccc(C)c3)c1CO2. The Kier molecular flexibility index (Phi) is 5.18. The van der Waals surface area contributed by atoms with Gasteiger partial charge in [-0.1, -0.05) is 22.9 Å². The number of hydrogen-bond donors (Lipinski definition) is 1. The van der Waals surface area contributed by atoms with E-state index in [-0.39, 0.29) is 18.2 Å². The molecule has 0 bridgehead atoms. The van der Waals surface area contributed by atoms with Crippen LogP contribution in [0.1, 0.15) is 40.7 Å². The Hall–Kier alpha value is -2.30. The highest BCUT2D eigenvalue weighted by Gasteiger charge is 2.46. The number of amides is 1. The summed E-state index contributed by atoms with van der Waals surface area (Å²) < 4.78 is 33.7. The average Bonchev–Trinajstić information content (AvgIpc) is 3.31. The average molecular weight is 420 g/mol. The van der Waals surface area contributed by atoms with Crippen LogP contribution in [0.5, 0.6) is 0 Å². The van der Waals surface area contributed by atoms with Gasteiger partial charge in [-0.05, 0) is 32.4 Å². The van der Waals surface area contributed by atoms with Crippen molar-refractivity contribution in [2.24, 2.45) is 0 Å². The van der Waals surface area contributed by atoms with Crippen molar-refractivity contribution in [1.82, 2.24) is 24.6 Å². The van der Waals surface area contributed by atoms with Crippen LogP contribution in [0.3, 0.4) is 0 Å². The van der Waals surface area contributed by atoms with Gasteiger partial charge >= 0.3 is 0 Å². The molecule has 29 heavy (non-hydrogen) atoms. The van der Waals surface area contributed by atoms with Crippen molar-refractivity contribution in [2.75, 3.05) is 18.8 Å². The third-order valence-corrected chi connectivity index (χ3v) is 7.44. The van der Waals surface area contributed by atoms with Crippen molar-refractivity contribution in [2.45, 2.75) is 45.6 Å². The number of sulfonamides is 1. The molecule has 1 fully saturated rings. The molecule has 2 aromatic rings. The number of ether oxygens (including phenoxy) is 1. The Morgan fingerprint density at radius 3 is 2.93 bits per heavy atom. The summed E-state index contributed by atoms with van der Waals surface area (Å²) in [5.41, 5.74) is 2.54. The summed E-state index contributed by atoms with van der Waals surface area (Å²) >= 11 is 0. The zero-order valence-corrected chi connectivity index (χ0v) is 17.4. The van der Waals surface area contributed by atoms with Gasteiger partial charge in [-0.3, -0.25) is 4.79 Å². The Bertz CT molecular complexity index is 1030. The highest BCUT2D eigenvalue weighted by Crippen LogP contribution is 2.33. The molecule has 156 valence electrons. The molecule has 4 rings (SSSR count). The smallest absolute Gasteiger partial charge is 0.251 e. The minimum absolute atomic E-state index is 0.0858. The molecule has 0 radical (unpaired) electrons. The number of carbonyl (C=O) groups excluding carboxylic acids is 1. The Morgan fingerprint density at radius 2 is 2.17 bits per heavy atom. The van der Waals surface area contributed by atoms with Gasteiger partial charge in [-0.25, -0.2) is 13.1 Å². The Balaban J connectivity index is 1.42. The lowest BCUT2D eigenvalue weighted by Gasteiger charge is -2.33. The molecule has 0 aliphatic carbocycles. The minimum Gasteiger partial charge on any atom is -0.365 e. The summed E-state index contributed by atoms with van der Waals surface area (Å²) in [5, 5.41) is 11.3. The minimum atomic E-state index is -3.23. The first kappa shape index (κ1) is 20.0. The molecule has 1 unspecified atom stereocenters. The van der Waals surface area contributed by atoms with Crippen molar-refractivity contribution in [1.29, 1.82) is 0 Å². The van der Waals surface area contributed by atoms with Gasteiger partial charge in [-0.15, -0.1) is 5.10 Å². The van der Waals surface area contributed by atoms with Crippen LogP contribution in [0, 0.1) is 6.92 Å². The standard InChI is InChI=1S/C19H25N5O4S/c1-3-29(26,27)23-8-7-19(12-23)13-24-17(11-28-19)16(21-22-24)10-20-18(25)15-6-4-5-14(2)9-15/h4-6,9H,3,7-8,10-13H2,1-2H3,(H,20,25). The van der Waals surface area contributed by atoms with E-state index in [0.29, 0.717) is 43.9 Å². The summed E-state index contributed by atoms with van der Waals surface area (Å²) in [7, 11) is -3.23. The molecule has 2 aliphatic heterocycles. The van der Waals surface area contributed by atoms with Gasteiger partial charge in [0.25, 0.3) is 5.91 Å². The highest BCUT2D eigenvalue weighted by atomic mass is 32.2. The van der Waals surface area contributed by atoms with E-state index < -0.39 is 15.6 Å².